The molecule has 0 radical (unpaired) electrons. The van der Waals surface area contributed by atoms with E-state index in [4.69, 9.17) is 11.6 Å². The molecule has 0 aromatic heterocycles. The van der Waals surface area contributed by atoms with Gasteiger partial charge in [-0.1, -0.05) is 35.9 Å². The van der Waals surface area contributed by atoms with Gasteiger partial charge in [0, 0.05) is 35.5 Å². The van der Waals surface area contributed by atoms with Crippen molar-refractivity contribution in [1.29, 1.82) is 0 Å². The number of benzene rings is 2. The lowest BCUT2D eigenvalue weighted by Gasteiger charge is -2.29. The molecule has 1 fully saturated rings. The second kappa shape index (κ2) is 8.69. The quantitative estimate of drug-likeness (QED) is 0.732. The molecular formula is C21H21ClF2N2O2. The normalized spacial score (nSPS) is 18.8. The molecule has 1 aliphatic heterocycles. The summed E-state index contributed by atoms with van der Waals surface area (Å²) in [6.45, 7) is -0.0844. The van der Waals surface area contributed by atoms with Gasteiger partial charge in [0.25, 0.3) is 0 Å². The van der Waals surface area contributed by atoms with Crippen molar-refractivity contribution in [2.75, 3.05) is 0 Å². The van der Waals surface area contributed by atoms with E-state index in [-0.39, 0.29) is 30.3 Å². The molecule has 3 rings (SSSR count). The van der Waals surface area contributed by atoms with E-state index in [0.717, 1.165) is 11.6 Å². The molecule has 1 heterocycles. The van der Waals surface area contributed by atoms with Gasteiger partial charge in [-0.25, -0.2) is 8.78 Å². The molecule has 2 amide bonds. The first-order chi connectivity index (χ1) is 13.4. The van der Waals surface area contributed by atoms with Gasteiger partial charge < -0.3 is 10.6 Å². The highest BCUT2D eigenvalue weighted by Crippen LogP contribution is 2.30. The van der Waals surface area contributed by atoms with Crippen molar-refractivity contribution in [1.82, 2.24) is 10.6 Å². The van der Waals surface area contributed by atoms with Crippen LogP contribution in [0.4, 0.5) is 8.78 Å². The van der Waals surface area contributed by atoms with Gasteiger partial charge in [0.15, 0.2) is 11.6 Å². The number of rotatable bonds is 7. The van der Waals surface area contributed by atoms with Crippen LogP contribution in [0, 0.1) is 11.6 Å². The maximum absolute atomic E-state index is 13.7. The summed E-state index contributed by atoms with van der Waals surface area (Å²) in [5.41, 5.74) is 0.624. The van der Waals surface area contributed by atoms with E-state index in [1.165, 1.54) is 12.1 Å². The summed E-state index contributed by atoms with van der Waals surface area (Å²) >= 11 is 5.92. The Morgan fingerprint density at radius 3 is 2.61 bits per heavy atom. The SMILES string of the molecule is O=C(CCC1(Cc2ccc(Cl)cc2)CCC(=O)N1)NCc1cccc(F)c1F. The minimum Gasteiger partial charge on any atom is -0.352 e. The molecule has 7 heteroatoms. The molecular weight excluding hydrogens is 386 g/mol. The van der Waals surface area contributed by atoms with Gasteiger partial charge in [0.2, 0.25) is 11.8 Å². The number of hydrogen-bond donors (Lipinski definition) is 2. The predicted molar refractivity (Wildman–Crippen MR) is 103 cm³/mol. The van der Waals surface area contributed by atoms with Gasteiger partial charge in [-0.3, -0.25) is 9.59 Å². The van der Waals surface area contributed by atoms with Crippen LogP contribution in [0.3, 0.4) is 0 Å². The van der Waals surface area contributed by atoms with Crippen molar-refractivity contribution in [3.63, 3.8) is 0 Å². The van der Waals surface area contributed by atoms with Gasteiger partial charge in [-0.05, 0) is 43.0 Å². The van der Waals surface area contributed by atoms with Gasteiger partial charge in [-0.2, -0.15) is 0 Å². The maximum Gasteiger partial charge on any atom is 0.220 e. The van der Waals surface area contributed by atoms with Crippen LogP contribution in [0.5, 0.6) is 0 Å². The van der Waals surface area contributed by atoms with E-state index in [9.17, 15) is 18.4 Å². The molecule has 0 bridgehead atoms. The molecule has 2 aromatic rings. The van der Waals surface area contributed by atoms with Crippen LogP contribution in [-0.4, -0.2) is 17.4 Å². The van der Waals surface area contributed by atoms with Crippen molar-refractivity contribution in [2.24, 2.45) is 0 Å². The summed E-state index contributed by atoms with van der Waals surface area (Å²) in [5, 5.41) is 6.27. The number of hydrogen-bond acceptors (Lipinski definition) is 2. The summed E-state index contributed by atoms with van der Waals surface area (Å²) in [6, 6.07) is 11.3. The van der Waals surface area contributed by atoms with Crippen LogP contribution >= 0.6 is 11.6 Å². The third-order valence-electron chi connectivity index (χ3n) is 5.03. The minimum atomic E-state index is -0.954. The van der Waals surface area contributed by atoms with Crippen molar-refractivity contribution >= 4 is 23.4 Å². The topological polar surface area (TPSA) is 58.2 Å². The largest absolute Gasteiger partial charge is 0.352 e. The zero-order valence-electron chi connectivity index (χ0n) is 15.2. The zero-order chi connectivity index (χ0) is 20.1. The third-order valence-corrected chi connectivity index (χ3v) is 5.28. The first kappa shape index (κ1) is 20.3. The summed E-state index contributed by atoms with van der Waals surface area (Å²) in [4.78, 5) is 24.1. The number of carbonyl (C=O) groups is 2. The van der Waals surface area contributed by atoms with Gasteiger partial charge in [0.05, 0.1) is 0 Å². The van der Waals surface area contributed by atoms with Gasteiger partial charge in [0.1, 0.15) is 0 Å². The first-order valence-corrected chi connectivity index (χ1v) is 9.50. The lowest BCUT2D eigenvalue weighted by atomic mass is 9.85. The van der Waals surface area contributed by atoms with E-state index in [1.807, 2.05) is 12.1 Å². The third kappa shape index (κ3) is 5.07. The molecule has 1 unspecified atom stereocenters. The highest BCUT2D eigenvalue weighted by atomic mass is 35.5. The summed E-state index contributed by atoms with van der Waals surface area (Å²) in [7, 11) is 0. The number of carbonyl (C=O) groups excluding carboxylic acids is 2. The Hall–Kier alpha value is -2.47. The Morgan fingerprint density at radius 1 is 1.18 bits per heavy atom. The summed E-state index contributed by atoms with van der Waals surface area (Å²) < 4.78 is 26.9. The van der Waals surface area contributed by atoms with Crippen LogP contribution in [0.25, 0.3) is 0 Å². The number of amides is 2. The van der Waals surface area contributed by atoms with Crippen molar-refractivity contribution < 1.29 is 18.4 Å². The molecule has 1 saturated heterocycles. The van der Waals surface area contributed by atoms with E-state index >= 15 is 0 Å². The fourth-order valence-electron chi connectivity index (χ4n) is 3.50. The number of halogens is 3. The summed E-state index contributed by atoms with van der Waals surface area (Å²) in [6.07, 6.45) is 2.29. The monoisotopic (exact) mass is 406 g/mol. The zero-order valence-corrected chi connectivity index (χ0v) is 16.0. The molecule has 0 aliphatic carbocycles. The lowest BCUT2D eigenvalue weighted by Crippen LogP contribution is -2.44. The Morgan fingerprint density at radius 2 is 1.93 bits per heavy atom. The molecule has 0 saturated carbocycles. The van der Waals surface area contributed by atoms with Crippen molar-refractivity contribution in [3.8, 4) is 0 Å². The van der Waals surface area contributed by atoms with Crippen molar-refractivity contribution in [2.45, 2.75) is 44.2 Å². The summed E-state index contributed by atoms with van der Waals surface area (Å²) in [5.74, 6) is -2.20. The molecule has 148 valence electrons. The smallest absolute Gasteiger partial charge is 0.220 e. The average Bonchev–Trinajstić information content (AvgIpc) is 3.04. The van der Waals surface area contributed by atoms with Crippen LogP contribution in [0.15, 0.2) is 42.5 Å². The van der Waals surface area contributed by atoms with E-state index in [1.54, 1.807) is 12.1 Å². The van der Waals surface area contributed by atoms with Crippen LogP contribution in [0.2, 0.25) is 5.02 Å². The van der Waals surface area contributed by atoms with Crippen LogP contribution < -0.4 is 10.6 Å². The molecule has 2 N–H and O–H groups in total. The second-order valence-corrected chi connectivity index (χ2v) is 7.56. The van der Waals surface area contributed by atoms with Crippen molar-refractivity contribution in [3.05, 3.63) is 70.2 Å². The fraction of sp³-hybridized carbons (Fsp3) is 0.333. The molecule has 1 atom stereocenters. The molecule has 4 nitrogen and oxygen atoms in total. The van der Waals surface area contributed by atoms with Crippen LogP contribution in [-0.2, 0) is 22.6 Å². The maximum atomic E-state index is 13.7. The average molecular weight is 407 g/mol. The second-order valence-electron chi connectivity index (χ2n) is 7.12. The van der Waals surface area contributed by atoms with E-state index in [0.29, 0.717) is 30.7 Å². The van der Waals surface area contributed by atoms with E-state index in [2.05, 4.69) is 10.6 Å². The minimum absolute atomic E-state index is 0.0313. The van der Waals surface area contributed by atoms with Crippen LogP contribution in [0.1, 0.15) is 36.8 Å². The lowest BCUT2D eigenvalue weighted by molar-refractivity contribution is -0.122. The predicted octanol–water partition coefficient (Wildman–Crippen LogP) is 3.91. The first-order valence-electron chi connectivity index (χ1n) is 9.12. The Kier molecular flexibility index (Phi) is 6.29. The molecule has 2 aromatic carbocycles. The van der Waals surface area contributed by atoms with Gasteiger partial charge >= 0.3 is 0 Å². The highest BCUT2D eigenvalue weighted by molar-refractivity contribution is 6.30. The number of nitrogens with one attached hydrogen (secondary N) is 2. The highest BCUT2D eigenvalue weighted by Gasteiger charge is 2.37. The standard InChI is InChI=1S/C21H21ClF2N2O2/c22-16-6-4-14(5-7-16)12-21(11-9-19(28)26-21)10-8-18(27)25-13-15-2-1-3-17(23)20(15)24/h1-7H,8-13H2,(H,25,27)(H,26,28). The molecule has 28 heavy (non-hydrogen) atoms. The molecule has 1 aliphatic rings. The Labute approximate surface area is 167 Å². The Balaban J connectivity index is 1.59. The van der Waals surface area contributed by atoms with Gasteiger partial charge in [-0.15, -0.1) is 0 Å². The molecule has 0 spiro atoms. The van der Waals surface area contributed by atoms with E-state index < -0.39 is 17.2 Å². The fourth-order valence-corrected chi connectivity index (χ4v) is 3.62. The Bertz CT molecular complexity index is 873.